The van der Waals surface area contributed by atoms with Gasteiger partial charge in [-0.15, -0.1) is 0 Å². The van der Waals surface area contributed by atoms with Crippen molar-refractivity contribution in [2.75, 3.05) is 18.0 Å². The second-order valence-corrected chi connectivity index (χ2v) is 6.29. The van der Waals surface area contributed by atoms with E-state index in [2.05, 4.69) is 4.98 Å². The van der Waals surface area contributed by atoms with Gasteiger partial charge in [-0.1, -0.05) is 18.2 Å². The highest BCUT2D eigenvalue weighted by molar-refractivity contribution is 5.95. The lowest BCUT2D eigenvalue weighted by Crippen LogP contribution is -2.31. The summed E-state index contributed by atoms with van der Waals surface area (Å²) < 4.78 is 40.8. The van der Waals surface area contributed by atoms with E-state index in [-0.39, 0.29) is 5.69 Å². The Morgan fingerprint density at radius 1 is 0.833 bits per heavy atom. The average Bonchev–Trinajstić information content (AvgIpc) is 2.59. The number of hydrogen-bond acceptors (Lipinski definition) is 2. The highest BCUT2D eigenvalue weighted by Gasteiger charge is 2.35. The predicted molar refractivity (Wildman–Crippen MR) is 90.3 cm³/mol. The Balaban J connectivity index is 1.95. The number of rotatable bonds is 1. The molecule has 0 unspecified atom stereocenters. The van der Waals surface area contributed by atoms with E-state index < -0.39 is 11.7 Å². The molecule has 0 spiro atoms. The van der Waals surface area contributed by atoms with E-state index >= 15 is 0 Å². The zero-order valence-electron chi connectivity index (χ0n) is 13.1. The summed E-state index contributed by atoms with van der Waals surface area (Å²) >= 11 is 0. The van der Waals surface area contributed by atoms with Crippen LogP contribution in [-0.2, 0) is 6.18 Å². The quantitative estimate of drug-likeness (QED) is 0.556. The monoisotopic (exact) mass is 330 g/mol. The minimum atomic E-state index is -4.38. The van der Waals surface area contributed by atoms with Gasteiger partial charge in [-0.2, -0.15) is 13.2 Å². The van der Waals surface area contributed by atoms with Gasteiger partial charge in [0.1, 0.15) is 0 Å². The largest absolute Gasteiger partial charge is 0.418 e. The first-order valence-corrected chi connectivity index (χ1v) is 8.18. The molecular weight excluding hydrogens is 313 g/mol. The molecule has 1 aromatic heterocycles. The molecule has 1 fully saturated rings. The fraction of sp³-hybridized carbons (Fsp3) is 0.316. The number of anilines is 1. The molecule has 24 heavy (non-hydrogen) atoms. The summed E-state index contributed by atoms with van der Waals surface area (Å²) in [5, 5.41) is 1.69. The molecule has 0 aliphatic carbocycles. The molecule has 2 aromatic carbocycles. The molecule has 2 heterocycles. The van der Waals surface area contributed by atoms with Crippen molar-refractivity contribution in [1.29, 1.82) is 0 Å². The van der Waals surface area contributed by atoms with Gasteiger partial charge in [0, 0.05) is 29.5 Å². The highest BCUT2D eigenvalue weighted by atomic mass is 19.4. The Hall–Kier alpha value is -2.30. The van der Waals surface area contributed by atoms with Crippen molar-refractivity contribution >= 4 is 27.5 Å². The van der Waals surface area contributed by atoms with Crippen LogP contribution in [0.4, 0.5) is 18.9 Å². The first kappa shape index (κ1) is 15.2. The fourth-order valence-electron chi connectivity index (χ4n) is 3.44. The Kier molecular flexibility index (Phi) is 3.59. The molecular formula is C19H17F3N2. The molecule has 0 atom stereocenters. The minimum Gasteiger partial charge on any atom is -0.371 e. The lowest BCUT2D eigenvalue weighted by Gasteiger charge is -2.31. The zero-order chi connectivity index (χ0) is 16.7. The Labute approximate surface area is 137 Å². The van der Waals surface area contributed by atoms with Crippen molar-refractivity contribution in [3.63, 3.8) is 0 Å². The predicted octanol–water partition coefficient (Wildman–Crippen LogP) is 5.40. The Bertz CT molecular complexity index is 896. The number of aromatic nitrogens is 1. The van der Waals surface area contributed by atoms with Crippen LogP contribution in [0.15, 0.2) is 42.5 Å². The SMILES string of the molecule is FC(F)(F)c1cc2nc3ccccc3cc2cc1N1CCCCC1. The normalized spacial score (nSPS) is 16.0. The molecule has 0 amide bonds. The molecule has 124 valence electrons. The van der Waals surface area contributed by atoms with Crippen molar-refractivity contribution in [3.8, 4) is 0 Å². The molecule has 0 radical (unpaired) electrons. The maximum absolute atomic E-state index is 13.6. The second kappa shape index (κ2) is 5.65. The van der Waals surface area contributed by atoms with Crippen LogP contribution in [0.2, 0.25) is 0 Å². The Morgan fingerprint density at radius 3 is 2.33 bits per heavy atom. The Morgan fingerprint density at radius 2 is 1.58 bits per heavy atom. The van der Waals surface area contributed by atoms with Crippen molar-refractivity contribution in [2.45, 2.75) is 25.4 Å². The molecule has 2 nitrogen and oxygen atoms in total. The van der Waals surface area contributed by atoms with E-state index in [1.807, 2.05) is 35.2 Å². The molecule has 1 aliphatic heterocycles. The number of hydrogen-bond donors (Lipinski definition) is 0. The zero-order valence-corrected chi connectivity index (χ0v) is 13.1. The van der Waals surface area contributed by atoms with Gasteiger partial charge in [0.15, 0.2) is 0 Å². The third kappa shape index (κ3) is 2.68. The van der Waals surface area contributed by atoms with Gasteiger partial charge in [0.25, 0.3) is 0 Å². The summed E-state index contributed by atoms with van der Waals surface area (Å²) in [5.41, 5.74) is 0.803. The van der Waals surface area contributed by atoms with E-state index in [1.165, 1.54) is 6.07 Å². The third-order valence-corrected chi connectivity index (χ3v) is 4.64. The van der Waals surface area contributed by atoms with Crippen LogP contribution in [0.1, 0.15) is 24.8 Å². The summed E-state index contributed by atoms with van der Waals surface area (Å²) in [6.07, 6.45) is -1.43. The van der Waals surface area contributed by atoms with E-state index in [1.54, 1.807) is 6.07 Å². The van der Waals surface area contributed by atoms with E-state index in [0.717, 1.165) is 30.0 Å². The summed E-state index contributed by atoms with van der Waals surface area (Å²) in [6, 6.07) is 12.3. The molecule has 0 saturated carbocycles. The van der Waals surface area contributed by atoms with Crippen LogP contribution in [0.25, 0.3) is 21.8 Å². The lowest BCUT2D eigenvalue weighted by atomic mass is 10.0. The maximum Gasteiger partial charge on any atom is 0.418 e. The van der Waals surface area contributed by atoms with E-state index in [0.29, 0.717) is 24.1 Å². The van der Waals surface area contributed by atoms with Crippen LogP contribution < -0.4 is 4.90 Å². The van der Waals surface area contributed by atoms with Crippen LogP contribution >= 0.6 is 0 Å². The molecule has 5 heteroatoms. The summed E-state index contributed by atoms with van der Waals surface area (Å²) in [4.78, 5) is 6.28. The summed E-state index contributed by atoms with van der Waals surface area (Å²) in [5.74, 6) is 0. The van der Waals surface area contributed by atoms with Crippen molar-refractivity contribution in [1.82, 2.24) is 4.98 Å². The first-order chi connectivity index (χ1) is 11.5. The van der Waals surface area contributed by atoms with Crippen molar-refractivity contribution < 1.29 is 13.2 Å². The van der Waals surface area contributed by atoms with Gasteiger partial charge in [-0.05, 0) is 43.5 Å². The molecule has 4 rings (SSSR count). The van der Waals surface area contributed by atoms with Gasteiger partial charge in [-0.3, -0.25) is 0 Å². The first-order valence-electron chi connectivity index (χ1n) is 8.18. The van der Waals surface area contributed by atoms with E-state index in [4.69, 9.17) is 0 Å². The van der Waals surface area contributed by atoms with Crippen LogP contribution in [0.5, 0.6) is 0 Å². The van der Waals surface area contributed by atoms with Gasteiger partial charge in [0.05, 0.1) is 16.6 Å². The van der Waals surface area contributed by atoms with Crippen molar-refractivity contribution in [2.24, 2.45) is 0 Å². The lowest BCUT2D eigenvalue weighted by molar-refractivity contribution is -0.137. The summed E-state index contributed by atoms with van der Waals surface area (Å²) in [6.45, 7) is 1.35. The number of nitrogens with zero attached hydrogens (tertiary/aromatic N) is 2. The van der Waals surface area contributed by atoms with Crippen LogP contribution in [-0.4, -0.2) is 18.1 Å². The molecule has 3 aromatic rings. The molecule has 1 saturated heterocycles. The number of piperidine rings is 1. The summed E-state index contributed by atoms with van der Waals surface area (Å²) in [7, 11) is 0. The fourth-order valence-corrected chi connectivity index (χ4v) is 3.44. The number of fused-ring (bicyclic) bond motifs is 2. The van der Waals surface area contributed by atoms with E-state index in [9.17, 15) is 13.2 Å². The molecule has 0 N–H and O–H groups in total. The standard InChI is InChI=1S/C19H17F3N2/c20-19(21,22)15-12-17-14(10-13-6-2-3-7-16(13)23-17)11-18(15)24-8-4-1-5-9-24/h2-3,6-7,10-12H,1,4-5,8-9H2. The molecule has 0 bridgehead atoms. The average molecular weight is 330 g/mol. The van der Waals surface area contributed by atoms with Gasteiger partial charge < -0.3 is 4.90 Å². The van der Waals surface area contributed by atoms with Crippen LogP contribution in [0.3, 0.4) is 0 Å². The van der Waals surface area contributed by atoms with Gasteiger partial charge in [0.2, 0.25) is 0 Å². The second-order valence-electron chi connectivity index (χ2n) is 6.29. The van der Waals surface area contributed by atoms with Gasteiger partial charge >= 0.3 is 6.18 Å². The maximum atomic E-state index is 13.6. The number of benzene rings is 2. The smallest absolute Gasteiger partial charge is 0.371 e. The third-order valence-electron chi connectivity index (χ3n) is 4.64. The topological polar surface area (TPSA) is 16.1 Å². The number of halogens is 3. The van der Waals surface area contributed by atoms with Gasteiger partial charge in [-0.25, -0.2) is 4.98 Å². The number of para-hydroxylation sites is 1. The van der Waals surface area contributed by atoms with Crippen LogP contribution in [0, 0.1) is 0 Å². The number of alkyl halides is 3. The number of pyridine rings is 1. The molecule has 1 aliphatic rings. The highest BCUT2D eigenvalue weighted by Crippen LogP contribution is 2.40. The minimum absolute atomic E-state index is 0.284. The van der Waals surface area contributed by atoms with Crippen molar-refractivity contribution in [3.05, 3.63) is 48.0 Å².